The molecule has 0 unspecified atom stereocenters. The van der Waals surface area contributed by atoms with Crippen molar-refractivity contribution >= 4 is 35.8 Å². The topological polar surface area (TPSA) is 222 Å². The number of ether oxygens (including phenoxy) is 13. The van der Waals surface area contributed by atoms with Gasteiger partial charge in [-0.25, -0.2) is 0 Å². The number of carbonyl (C=O) groups is 6. The van der Waals surface area contributed by atoms with E-state index in [1.807, 2.05) is 0 Å². The first-order valence-electron chi connectivity index (χ1n) is 18.0. The molecule has 0 bridgehead atoms. The average Bonchev–Trinajstić information content (AvgIpc) is 3.69. The molecule has 58 heavy (non-hydrogen) atoms. The van der Waals surface area contributed by atoms with Crippen LogP contribution in [0.15, 0.2) is 30.3 Å². The van der Waals surface area contributed by atoms with Gasteiger partial charge < -0.3 is 61.6 Å². The van der Waals surface area contributed by atoms with Crippen molar-refractivity contribution in [2.75, 3.05) is 41.2 Å². The fourth-order valence-electron chi connectivity index (χ4n) is 7.33. The minimum Gasteiger partial charge on any atom is -0.493 e. The molecule has 3 aliphatic rings. The van der Waals surface area contributed by atoms with Crippen LogP contribution in [-0.2, 0) is 66.7 Å². The van der Waals surface area contributed by atoms with Gasteiger partial charge in [0, 0.05) is 47.5 Å². The predicted octanol–water partition coefficient (Wildman–Crippen LogP) is 2.86. The Hall–Kier alpha value is -5.50. The van der Waals surface area contributed by atoms with Gasteiger partial charge in [-0.05, 0) is 35.4 Å². The average molecular weight is 819 g/mol. The van der Waals surface area contributed by atoms with Gasteiger partial charge in [-0.3, -0.25) is 28.8 Å². The normalized spacial score (nSPS) is 27.3. The van der Waals surface area contributed by atoms with Gasteiger partial charge in [-0.1, -0.05) is 6.07 Å². The first-order valence-corrected chi connectivity index (χ1v) is 18.0. The van der Waals surface area contributed by atoms with E-state index < -0.39 is 96.9 Å². The number of esters is 6. The summed E-state index contributed by atoms with van der Waals surface area (Å²) in [6.45, 7) is 6.26. The van der Waals surface area contributed by atoms with Crippen molar-refractivity contribution in [2.24, 2.45) is 5.92 Å². The molecule has 0 spiro atoms. The standard InChI is InChI=1S/C39H46O19/c1-18(40)49-16-31-34(54-21(4)43)35(55-22(5)44)36(56-23(6)45)38(57-31)58-39-17-51-32(24-10-11-27(52-19(2)41)28(12-24)46-7)26(39)15-50-37(39)25-13-29(47-8)33(53-20(3)42)30(14-25)48-9/h10-14,26,31-32,34-38H,15-17H2,1-9H3/t26-,31-,32-,34-,35+,36-,37-,38+,39-/m1/s1. The Morgan fingerprint density at radius 3 is 1.76 bits per heavy atom. The van der Waals surface area contributed by atoms with Crippen molar-refractivity contribution < 1.29 is 90.3 Å². The van der Waals surface area contributed by atoms with Crippen molar-refractivity contribution in [3.8, 4) is 28.7 Å². The molecule has 0 aromatic heterocycles. The lowest BCUT2D eigenvalue weighted by atomic mass is 9.80. The second-order valence-corrected chi connectivity index (χ2v) is 13.5. The van der Waals surface area contributed by atoms with Gasteiger partial charge in [0.1, 0.15) is 24.4 Å². The van der Waals surface area contributed by atoms with Crippen LogP contribution in [0.2, 0.25) is 0 Å². The van der Waals surface area contributed by atoms with E-state index in [9.17, 15) is 28.8 Å². The smallest absolute Gasteiger partial charge is 0.308 e. The molecule has 5 rings (SSSR count). The summed E-state index contributed by atoms with van der Waals surface area (Å²) in [5.41, 5.74) is -0.575. The summed E-state index contributed by atoms with van der Waals surface area (Å²) in [6, 6.07) is 8.01. The highest BCUT2D eigenvalue weighted by molar-refractivity contribution is 5.73. The summed E-state index contributed by atoms with van der Waals surface area (Å²) >= 11 is 0. The Labute approximate surface area is 333 Å². The zero-order chi connectivity index (χ0) is 42.5. The molecule has 0 N–H and O–H groups in total. The Morgan fingerprint density at radius 2 is 1.21 bits per heavy atom. The maximum atomic E-state index is 12.7. The number of methoxy groups -OCH3 is 3. The van der Waals surface area contributed by atoms with E-state index in [0.29, 0.717) is 11.1 Å². The summed E-state index contributed by atoms with van der Waals surface area (Å²) < 4.78 is 76.0. The molecular weight excluding hydrogens is 772 g/mol. The van der Waals surface area contributed by atoms with Crippen LogP contribution in [-0.4, -0.2) is 113 Å². The van der Waals surface area contributed by atoms with Crippen LogP contribution in [0.3, 0.4) is 0 Å². The number of benzene rings is 2. The van der Waals surface area contributed by atoms with Gasteiger partial charge in [-0.15, -0.1) is 0 Å². The molecule has 3 saturated heterocycles. The number of fused-ring (bicyclic) bond motifs is 1. The Bertz CT molecular complexity index is 1870. The third-order valence-electron chi connectivity index (χ3n) is 9.45. The van der Waals surface area contributed by atoms with Crippen molar-refractivity contribution in [1.29, 1.82) is 0 Å². The summed E-state index contributed by atoms with van der Waals surface area (Å²) in [7, 11) is 4.15. The zero-order valence-electron chi connectivity index (χ0n) is 33.4. The van der Waals surface area contributed by atoms with Crippen molar-refractivity contribution in [3.63, 3.8) is 0 Å². The minimum atomic E-state index is -1.63. The highest BCUT2D eigenvalue weighted by atomic mass is 16.8. The Morgan fingerprint density at radius 1 is 0.638 bits per heavy atom. The lowest BCUT2D eigenvalue weighted by Crippen LogP contribution is -2.64. The largest absolute Gasteiger partial charge is 0.493 e. The maximum Gasteiger partial charge on any atom is 0.308 e. The first-order chi connectivity index (χ1) is 27.5. The van der Waals surface area contributed by atoms with Crippen LogP contribution in [0.4, 0.5) is 0 Å². The van der Waals surface area contributed by atoms with Crippen LogP contribution in [0.25, 0.3) is 0 Å². The molecule has 316 valence electrons. The summed E-state index contributed by atoms with van der Waals surface area (Å²) in [5.74, 6) is -4.40. The highest BCUT2D eigenvalue weighted by Crippen LogP contribution is 2.58. The van der Waals surface area contributed by atoms with Crippen LogP contribution in [0, 0.1) is 5.92 Å². The molecule has 2 aromatic carbocycles. The van der Waals surface area contributed by atoms with Crippen molar-refractivity contribution in [2.45, 2.75) is 90.1 Å². The molecule has 0 amide bonds. The second-order valence-electron chi connectivity index (χ2n) is 13.5. The zero-order valence-corrected chi connectivity index (χ0v) is 33.4. The molecule has 0 aliphatic carbocycles. The molecule has 0 radical (unpaired) electrons. The Balaban J connectivity index is 1.68. The van der Waals surface area contributed by atoms with Crippen molar-refractivity contribution in [1.82, 2.24) is 0 Å². The van der Waals surface area contributed by atoms with Gasteiger partial charge in [0.05, 0.1) is 40.6 Å². The van der Waals surface area contributed by atoms with Gasteiger partial charge in [0.2, 0.25) is 5.75 Å². The molecule has 3 aliphatic heterocycles. The number of rotatable bonds is 14. The van der Waals surface area contributed by atoms with E-state index in [1.165, 1.54) is 35.2 Å². The lowest BCUT2D eigenvalue weighted by molar-refractivity contribution is -0.337. The van der Waals surface area contributed by atoms with Crippen molar-refractivity contribution in [3.05, 3.63) is 41.5 Å². The SMILES string of the molecule is COc1cc([C@H]2OC[C@]3(O[C@@H]4O[C@H](COC(C)=O)[C@@H](OC(C)=O)[C@H](OC(C)=O)[C@H]4OC(C)=O)[C@@H](c4cc(OC)c(OC(C)=O)c(OC)c4)OC[C@H]23)ccc1OC(C)=O. The van der Waals surface area contributed by atoms with Gasteiger partial charge in [0.15, 0.2) is 47.6 Å². The van der Waals surface area contributed by atoms with E-state index in [2.05, 4.69) is 0 Å². The number of hydrogen-bond acceptors (Lipinski definition) is 19. The fraction of sp³-hybridized carbons (Fsp3) is 0.538. The maximum absolute atomic E-state index is 12.7. The molecule has 19 heteroatoms. The third-order valence-corrected chi connectivity index (χ3v) is 9.45. The van der Waals surface area contributed by atoms with Gasteiger partial charge in [0.25, 0.3) is 0 Å². The fourth-order valence-corrected chi connectivity index (χ4v) is 7.33. The first kappa shape index (κ1) is 43.6. The van der Waals surface area contributed by atoms with Crippen LogP contribution in [0.5, 0.6) is 28.7 Å². The molecule has 0 saturated carbocycles. The van der Waals surface area contributed by atoms with E-state index in [4.69, 9.17) is 61.6 Å². The molecule has 2 aromatic rings. The molecular formula is C39H46O19. The number of hydrogen-bond donors (Lipinski definition) is 0. The number of carbonyl (C=O) groups excluding carboxylic acids is 6. The van der Waals surface area contributed by atoms with Gasteiger partial charge >= 0.3 is 35.8 Å². The van der Waals surface area contributed by atoms with Gasteiger partial charge in [-0.2, -0.15) is 0 Å². The molecule has 19 nitrogen and oxygen atoms in total. The highest BCUT2D eigenvalue weighted by Gasteiger charge is 2.65. The third kappa shape index (κ3) is 9.44. The molecule has 3 heterocycles. The van der Waals surface area contributed by atoms with Crippen LogP contribution < -0.4 is 23.7 Å². The van der Waals surface area contributed by atoms with E-state index in [1.54, 1.807) is 30.3 Å². The monoisotopic (exact) mass is 818 g/mol. The second kappa shape index (κ2) is 18.4. The summed E-state index contributed by atoms with van der Waals surface area (Å²) in [6.07, 6.45) is -9.31. The van der Waals surface area contributed by atoms with Crippen LogP contribution in [0.1, 0.15) is 64.9 Å². The molecule has 3 fully saturated rings. The summed E-state index contributed by atoms with van der Waals surface area (Å²) in [4.78, 5) is 73.4. The molecule has 9 atom stereocenters. The predicted molar refractivity (Wildman–Crippen MR) is 192 cm³/mol. The van der Waals surface area contributed by atoms with E-state index in [-0.39, 0.29) is 42.0 Å². The quantitative estimate of drug-likeness (QED) is 0.152. The van der Waals surface area contributed by atoms with E-state index >= 15 is 0 Å². The lowest BCUT2D eigenvalue weighted by Gasteiger charge is -2.47. The minimum absolute atomic E-state index is 0.00543. The van der Waals surface area contributed by atoms with E-state index in [0.717, 1.165) is 27.7 Å². The van der Waals surface area contributed by atoms with Crippen LogP contribution >= 0.6 is 0 Å². The Kier molecular flexibility index (Phi) is 13.8. The summed E-state index contributed by atoms with van der Waals surface area (Å²) in [5, 5.41) is 0.